The second-order valence-corrected chi connectivity index (χ2v) is 11.3. The third kappa shape index (κ3) is 5.57. The summed E-state index contributed by atoms with van der Waals surface area (Å²) in [5.74, 6) is -0.706. The van der Waals surface area contributed by atoms with E-state index in [1.807, 2.05) is 78.9 Å². The Labute approximate surface area is 244 Å². The van der Waals surface area contributed by atoms with Gasteiger partial charge in [-0.2, -0.15) is 0 Å². The molecule has 1 aliphatic carbocycles. The van der Waals surface area contributed by atoms with Crippen molar-refractivity contribution in [3.8, 4) is 0 Å². The maximum absolute atomic E-state index is 14.3. The highest BCUT2D eigenvalue weighted by Crippen LogP contribution is 2.37. The Balaban J connectivity index is 1.36. The molecule has 0 unspecified atom stereocenters. The molecule has 0 spiro atoms. The zero-order valence-electron chi connectivity index (χ0n) is 22.8. The van der Waals surface area contributed by atoms with E-state index in [0.29, 0.717) is 22.7 Å². The number of hydrogen-bond acceptors (Lipinski definition) is 3. The van der Waals surface area contributed by atoms with Crippen LogP contribution in [0.5, 0.6) is 0 Å². The topological polar surface area (TPSA) is 69.7 Å². The molecule has 1 heterocycles. The Morgan fingerprint density at radius 2 is 1.61 bits per heavy atom. The van der Waals surface area contributed by atoms with Crippen LogP contribution in [-0.4, -0.2) is 41.2 Å². The monoisotopic (exact) mass is 565 g/mol. The molecule has 0 aromatic heterocycles. The van der Waals surface area contributed by atoms with Crippen LogP contribution >= 0.6 is 11.6 Å². The van der Waals surface area contributed by atoms with E-state index in [-0.39, 0.29) is 36.9 Å². The van der Waals surface area contributed by atoms with Crippen molar-refractivity contribution in [1.82, 2.24) is 10.2 Å². The average Bonchev–Trinajstić information content (AvgIpc) is 3.60. The lowest BCUT2D eigenvalue weighted by Crippen LogP contribution is -2.54. The summed E-state index contributed by atoms with van der Waals surface area (Å²) in [4.78, 5) is 44.9. The van der Waals surface area contributed by atoms with Gasteiger partial charge in [0.25, 0.3) is 5.91 Å². The number of nitrogens with one attached hydrogen (secondary N) is 1. The first-order valence-electron chi connectivity index (χ1n) is 14.2. The van der Waals surface area contributed by atoms with E-state index in [1.54, 1.807) is 17.0 Å². The molecule has 1 aliphatic heterocycles. The van der Waals surface area contributed by atoms with Gasteiger partial charge in [0, 0.05) is 35.0 Å². The van der Waals surface area contributed by atoms with Crippen LogP contribution in [0.4, 0.5) is 5.69 Å². The predicted octanol–water partition coefficient (Wildman–Crippen LogP) is 6.15. The molecular weight excluding hydrogens is 534 g/mol. The van der Waals surface area contributed by atoms with Gasteiger partial charge in [-0.3, -0.25) is 19.3 Å². The Bertz CT molecular complexity index is 1590. The lowest BCUT2D eigenvalue weighted by atomic mass is 10.0. The summed E-state index contributed by atoms with van der Waals surface area (Å²) in [7, 11) is 0. The summed E-state index contributed by atoms with van der Waals surface area (Å²) in [5.41, 5.74) is 2.99. The van der Waals surface area contributed by atoms with Gasteiger partial charge in [0.1, 0.15) is 12.6 Å². The number of benzene rings is 4. The molecule has 1 fully saturated rings. The van der Waals surface area contributed by atoms with E-state index < -0.39 is 6.04 Å². The van der Waals surface area contributed by atoms with Crippen LogP contribution in [0.2, 0.25) is 5.02 Å². The summed E-state index contributed by atoms with van der Waals surface area (Å²) < 4.78 is 0. The lowest BCUT2D eigenvalue weighted by Gasteiger charge is -2.33. The smallest absolute Gasteiger partial charge is 0.259 e. The summed E-state index contributed by atoms with van der Waals surface area (Å²) in [6, 6.07) is 27.8. The van der Waals surface area contributed by atoms with E-state index in [1.165, 1.54) is 4.90 Å². The molecule has 0 radical (unpaired) electrons. The van der Waals surface area contributed by atoms with Crippen molar-refractivity contribution in [2.75, 3.05) is 11.4 Å². The molecule has 6 nitrogen and oxygen atoms in total. The second kappa shape index (κ2) is 11.8. The number of carbonyl (C=O) groups is 3. The Morgan fingerprint density at radius 3 is 2.37 bits per heavy atom. The highest BCUT2D eigenvalue weighted by Gasteiger charge is 2.36. The number of halogens is 1. The molecule has 4 aromatic carbocycles. The minimum Gasteiger partial charge on any atom is -0.352 e. The first kappa shape index (κ1) is 27.0. The van der Waals surface area contributed by atoms with Crippen LogP contribution in [0.25, 0.3) is 10.8 Å². The van der Waals surface area contributed by atoms with Crippen molar-refractivity contribution in [3.63, 3.8) is 0 Å². The van der Waals surface area contributed by atoms with E-state index in [9.17, 15) is 14.4 Å². The van der Waals surface area contributed by atoms with Gasteiger partial charge in [-0.25, -0.2) is 0 Å². The van der Waals surface area contributed by atoms with Gasteiger partial charge < -0.3 is 10.2 Å². The van der Waals surface area contributed by atoms with Gasteiger partial charge in [-0.1, -0.05) is 97.2 Å². The first-order chi connectivity index (χ1) is 20.0. The Kier molecular flexibility index (Phi) is 7.75. The first-order valence-corrected chi connectivity index (χ1v) is 14.6. The van der Waals surface area contributed by atoms with E-state index >= 15 is 0 Å². The van der Waals surface area contributed by atoms with Crippen molar-refractivity contribution in [3.05, 3.63) is 113 Å². The van der Waals surface area contributed by atoms with Gasteiger partial charge in [0.05, 0.1) is 5.69 Å². The van der Waals surface area contributed by atoms with Crippen LogP contribution in [0, 0.1) is 0 Å². The Hall–Kier alpha value is -4.16. The average molecular weight is 566 g/mol. The van der Waals surface area contributed by atoms with E-state index in [2.05, 4.69) is 5.32 Å². The van der Waals surface area contributed by atoms with Crippen molar-refractivity contribution in [2.45, 2.75) is 50.7 Å². The van der Waals surface area contributed by atoms with Crippen LogP contribution in [0.15, 0.2) is 91.0 Å². The minimum atomic E-state index is -0.780. The van der Waals surface area contributed by atoms with Gasteiger partial charge in [-0.05, 0) is 47.6 Å². The lowest BCUT2D eigenvalue weighted by molar-refractivity contribution is -0.140. The molecule has 1 N–H and O–H groups in total. The van der Waals surface area contributed by atoms with Crippen LogP contribution in [0.3, 0.4) is 0 Å². The highest BCUT2D eigenvalue weighted by atomic mass is 35.5. The molecule has 3 amide bonds. The van der Waals surface area contributed by atoms with E-state index in [0.717, 1.165) is 47.6 Å². The molecule has 2 aliphatic rings. The van der Waals surface area contributed by atoms with E-state index in [4.69, 9.17) is 11.6 Å². The number of rotatable bonds is 9. The maximum Gasteiger partial charge on any atom is 0.259 e. The molecule has 1 atom stereocenters. The van der Waals surface area contributed by atoms with Gasteiger partial charge >= 0.3 is 0 Å². The van der Waals surface area contributed by atoms with Crippen LogP contribution in [-0.2, 0) is 22.6 Å². The highest BCUT2D eigenvalue weighted by molar-refractivity contribution is 6.31. The standard InChI is InChI=1S/C34H32ClN3O3/c35-28-18-7-4-12-25(28)21-37(30(20-23-10-2-1-3-11-23)33(40)36-26-15-5-6-16-26)31(39)22-38-29-19-9-14-24-13-8-17-27(32(24)29)34(38)41/h1-4,7-14,17-19,26,30H,5-6,15-16,20-22H2,(H,36,40)/t30-/m0/s1. The third-order valence-electron chi connectivity index (χ3n) is 8.21. The quantitative estimate of drug-likeness (QED) is 0.264. The van der Waals surface area contributed by atoms with Gasteiger partial charge in [0.15, 0.2) is 0 Å². The molecule has 0 saturated heterocycles. The summed E-state index contributed by atoms with van der Waals surface area (Å²) >= 11 is 6.56. The molecular formula is C34H32ClN3O3. The fourth-order valence-corrected chi connectivity index (χ4v) is 6.29. The maximum atomic E-state index is 14.3. The van der Waals surface area contributed by atoms with Crippen molar-refractivity contribution in [2.24, 2.45) is 0 Å². The number of carbonyl (C=O) groups excluding carboxylic acids is 3. The molecule has 0 bridgehead atoms. The fourth-order valence-electron chi connectivity index (χ4n) is 6.09. The number of nitrogens with zero attached hydrogens (tertiary/aromatic N) is 2. The summed E-state index contributed by atoms with van der Waals surface area (Å²) in [5, 5.41) is 5.55. The summed E-state index contributed by atoms with van der Waals surface area (Å²) in [6.45, 7) is -0.0354. The molecule has 4 aromatic rings. The van der Waals surface area contributed by atoms with Gasteiger partial charge in [0.2, 0.25) is 11.8 Å². The molecule has 208 valence electrons. The summed E-state index contributed by atoms with van der Waals surface area (Å²) in [6.07, 6.45) is 4.39. The normalized spacial score (nSPS) is 15.3. The number of anilines is 1. The molecule has 6 rings (SSSR count). The SMILES string of the molecule is O=C(NC1CCCC1)[C@H](Cc1ccccc1)N(Cc1ccccc1Cl)C(=O)CN1C(=O)c2cccc3cccc1c23. The van der Waals surface area contributed by atoms with Crippen LogP contribution < -0.4 is 10.2 Å². The molecule has 7 heteroatoms. The van der Waals surface area contributed by atoms with Crippen molar-refractivity contribution >= 4 is 45.8 Å². The van der Waals surface area contributed by atoms with Crippen molar-refractivity contribution in [1.29, 1.82) is 0 Å². The molecule has 1 saturated carbocycles. The minimum absolute atomic E-state index is 0.102. The van der Waals surface area contributed by atoms with Crippen molar-refractivity contribution < 1.29 is 14.4 Å². The zero-order valence-corrected chi connectivity index (χ0v) is 23.5. The fraction of sp³-hybridized carbons (Fsp3) is 0.265. The Morgan fingerprint density at radius 1 is 0.902 bits per heavy atom. The second-order valence-electron chi connectivity index (χ2n) is 10.9. The van der Waals surface area contributed by atoms with Gasteiger partial charge in [-0.15, -0.1) is 0 Å². The largest absolute Gasteiger partial charge is 0.352 e. The number of amides is 3. The number of hydrogen-bond donors (Lipinski definition) is 1. The predicted molar refractivity (Wildman–Crippen MR) is 162 cm³/mol. The van der Waals surface area contributed by atoms with Crippen LogP contribution in [0.1, 0.15) is 47.2 Å². The zero-order chi connectivity index (χ0) is 28.3. The third-order valence-corrected chi connectivity index (χ3v) is 8.58. The molecule has 41 heavy (non-hydrogen) atoms.